The number of carbonyl (C=O) groups excluding carboxylic acids is 1. The number of hydrogen-bond acceptors (Lipinski definition) is 5. The lowest BCUT2D eigenvalue weighted by molar-refractivity contribution is -0.139. The standard InChI is InChI=1S/C11H12FNO6S/c1-6(11(16)19-2)20(17,18)13-9-4-3-7(10(14)15)5-8(9)12/h3-6,13H,1-2H3,(H,14,15). The molecular weight excluding hydrogens is 293 g/mol. The van der Waals surface area contributed by atoms with Crippen molar-refractivity contribution in [3.05, 3.63) is 29.6 Å². The normalized spacial score (nSPS) is 12.6. The third kappa shape index (κ3) is 3.44. The van der Waals surface area contributed by atoms with E-state index in [1.807, 2.05) is 4.72 Å². The highest BCUT2D eigenvalue weighted by Gasteiger charge is 2.29. The van der Waals surface area contributed by atoms with E-state index >= 15 is 0 Å². The zero-order valence-corrected chi connectivity index (χ0v) is 11.4. The van der Waals surface area contributed by atoms with Gasteiger partial charge in [-0.3, -0.25) is 9.52 Å². The number of esters is 1. The molecule has 2 N–H and O–H groups in total. The Bertz CT molecular complexity index is 642. The molecule has 20 heavy (non-hydrogen) atoms. The summed E-state index contributed by atoms with van der Waals surface area (Å²) in [6.07, 6.45) is 0. The third-order valence-electron chi connectivity index (χ3n) is 2.47. The molecule has 9 heteroatoms. The highest BCUT2D eigenvalue weighted by Crippen LogP contribution is 2.19. The summed E-state index contributed by atoms with van der Waals surface area (Å²) in [5.74, 6) is -3.41. The van der Waals surface area contributed by atoms with Gasteiger partial charge in [-0.2, -0.15) is 0 Å². The van der Waals surface area contributed by atoms with Gasteiger partial charge in [0.1, 0.15) is 5.82 Å². The first-order valence-electron chi connectivity index (χ1n) is 5.31. The molecule has 1 rings (SSSR count). The van der Waals surface area contributed by atoms with Crippen LogP contribution in [0.5, 0.6) is 0 Å². The quantitative estimate of drug-likeness (QED) is 0.780. The van der Waals surface area contributed by atoms with Crippen molar-refractivity contribution >= 4 is 27.6 Å². The SMILES string of the molecule is COC(=O)C(C)S(=O)(=O)Nc1ccc(C(=O)O)cc1F. The number of methoxy groups -OCH3 is 1. The fourth-order valence-corrected chi connectivity index (χ4v) is 2.26. The number of ether oxygens (including phenoxy) is 1. The Labute approximate surface area is 114 Å². The predicted molar refractivity (Wildman–Crippen MR) is 67.4 cm³/mol. The highest BCUT2D eigenvalue weighted by atomic mass is 32.2. The van der Waals surface area contributed by atoms with Crippen LogP contribution in [0.3, 0.4) is 0 Å². The first kappa shape index (κ1) is 15.9. The molecule has 0 aromatic heterocycles. The van der Waals surface area contributed by atoms with Crippen LogP contribution in [0, 0.1) is 5.82 Å². The molecule has 1 atom stereocenters. The maximum absolute atomic E-state index is 13.6. The zero-order valence-electron chi connectivity index (χ0n) is 10.6. The molecule has 0 bridgehead atoms. The molecule has 1 aromatic rings. The molecule has 0 saturated heterocycles. The summed E-state index contributed by atoms with van der Waals surface area (Å²) in [6, 6.07) is 2.66. The molecule has 0 saturated carbocycles. The van der Waals surface area contributed by atoms with E-state index in [9.17, 15) is 22.4 Å². The Morgan fingerprint density at radius 2 is 2.00 bits per heavy atom. The van der Waals surface area contributed by atoms with Crippen LogP contribution in [0.1, 0.15) is 17.3 Å². The minimum Gasteiger partial charge on any atom is -0.478 e. The van der Waals surface area contributed by atoms with Crippen molar-refractivity contribution in [2.75, 3.05) is 11.8 Å². The number of nitrogens with one attached hydrogen (secondary N) is 1. The van der Waals surface area contributed by atoms with Gasteiger partial charge in [-0.25, -0.2) is 17.6 Å². The molecular formula is C11H12FNO6S. The predicted octanol–water partition coefficient (Wildman–Crippen LogP) is 0.827. The van der Waals surface area contributed by atoms with Crippen molar-refractivity contribution in [3.63, 3.8) is 0 Å². The number of aromatic carboxylic acids is 1. The lowest BCUT2D eigenvalue weighted by Crippen LogP contribution is -2.33. The lowest BCUT2D eigenvalue weighted by Gasteiger charge is -2.13. The van der Waals surface area contributed by atoms with E-state index in [1.165, 1.54) is 0 Å². The van der Waals surface area contributed by atoms with E-state index in [1.54, 1.807) is 0 Å². The van der Waals surface area contributed by atoms with E-state index < -0.39 is 38.7 Å². The Balaban J connectivity index is 3.04. The van der Waals surface area contributed by atoms with Crippen molar-refractivity contribution in [3.8, 4) is 0 Å². The summed E-state index contributed by atoms with van der Waals surface area (Å²) in [6.45, 7) is 1.08. The van der Waals surface area contributed by atoms with Gasteiger partial charge in [-0.05, 0) is 25.1 Å². The number of sulfonamides is 1. The van der Waals surface area contributed by atoms with Crippen molar-refractivity contribution in [2.45, 2.75) is 12.2 Å². The molecule has 0 aliphatic heterocycles. The first-order chi connectivity index (χ1) is 9.19. The molecule has 1 aromatic carbocycles. The first-order valence-corrected chi connectivity index (χ1v) is 6.86. The van der Waals surface area contributed by atoms with E-state index in [2.05, 4.69) is 4.74 Å². The van der Waals surface area contributed by atoms with E-state index in [0.29, 0.717) is 6.07 Å². The summed E-state index contributed by atoms with van der Waals surface area (Å²) < 4.78 is 43.3. The topological polar surface area (TPSA) is 110 Å². The Hall–Kier alpha value is -2.16. The van der Waals surface area contributed by atoms with Gasteiger partial charge in [-0.15, -0.1) is 0 Å². The maximum atomic E-state index is 13.6. The second kappa shape index (κ2) is 5.87. The summed E-state index contributed by atoms with van der Waals surface area (Å²) in [5, 5.41) is 7.12. The maximum Gasteiger partial charge on any atom is 0.335 e. The van der Waals surface area contributed by atoms with E-state index in [-0.39, 0.29) is 5.56 Å². The monoisotopic (exact) mass is 305 g/mol. The van der Waals surface area contributed by atoms with Gasteiger partial charge in [0.2, 0.25) is 10.0 Å². The van der Waals surface area contributed by atoms with Gasteiger partial charge in [-0.1, -0.05) is 0 Å². The van der Waals surface area contributed by atoms with E-state index in [0.717, 1.165) is 26.2 Å². The summed E-state index contributed by atoms with van der Waals surface area (Å²) in [4.78, 5) is 21.8. The largest absolute Gasteiger partial charge is 0.478 e. The molecule has 0 aliphatic carbocycles. The summed E-state index contributed by atoms with van der Waals surface area (Å²) in [7, 11) is -3.17. The molecule has 7 nitrogen and oxygen atoms in total. The number of halogens is 1. The van der Waals surface area contributed by atoms with Crippen molar-refractivity contribution < 1.29 is 32.2 Å². The second-order valence-electron chi connectivity index (χ2n) is 3.81. The molecule has 0 heterocycles. The highest BCUT2D eigenvalue weighted by molar-refractivity contribution is 7.94. The molecule has 0 aliphatic rings. The number of anilines is 1. The van der Waals surface area contributed by atoms with Crippen LogP contribution >= 0.6 is 0 Å². The molecule has 0 fully saturated rings. The minimum atomic E-state index is -4.19. The van der Waals surface area contributed by atoms with Crippen LogP contribution in [-0.2, 0) is 19.6 Å². The van der Waals surface area contributed by atoms with Crippen molar-refractivity contribution in [2.24, 2.45) is 0 Å². The lowest BCUT2D eigenvalue weighted by atomic mass is 10.2. The van der Waals surface area contributed by atoms with Crippen molar-refractivity contribution in [1.29, 1.82) is 0 Å². The third-order valence-corrected chi connectivity index (χ3v) is 4.09. The Kier molecular flexibility index (Phi) is 4.66. The molecule has 0 radical (unpaired) electrons. The minimum absolute atomic E-state index is 0.327. The van der Waals surface area contributed by atoms with Gasteiger partial charge in [0.05, 0.1) is 18.4 Å². The summed E-state index contributed by atoms with van der Waals surface area (Å²) >= 11 is 0. The van der Waals surface area contributed by atoms with Crippen LogP contribution in [0.15, 0.2) is 18.2 Å². The number of carboxylic acid groups (broad SMARTS) is 1. The van der Waals surface area contributed by atoms with Crippen LogP contribution in [-0.4, -0.2) is 37.8 Å². The smallest absolute Gasteiger partial charge is 0.335 e. The average Bonchev–Trinajstić information content (AvgIpc) is 2.38. The fourth-order valence-electron chi connectivity index (χ4n) is 1.27. The van der Waals surface area contributed by atoms with E-state index in [4.69, 9.17) is 5.11 Å². The number of rotatable bonds is 5. The van der Waals surface area contributed by atoms with Crippen LogP contribution < -0.4 is 4.72 Å². The molecule has 0 amide bonds. The number of carbonyl (C=O) groups is 2. The van der Waals surface area contributed by atoms with Crippen LogP contribution in [0.4, 0.5) is 10.1 Å². The summed E-state index contributed by atoms with van der Waals surface area (Å²) in [5.41, 5.74) is -0.780. The Morgan fingerprint density at radius 1 is 1.40 bits per heavy atom. The number of benzene rings is 1. The zero-order chi connectivity index (χ0) is 15.5. The Morgan fingerprint density at radius 3 is 2.45 bits per heavy atom. The van der Waals surface area contributed by atoms with Gasteiger partial charge >= 0.3 is 11.9 Å². The average molecular weight is 305 g/mol. The molecule has 0 spiro atoms. The number of hydrogen-bond donors (Lipinski definition) is 2. The second-order valence-corrected chi connectivity index (χ2v) is 5.81. The van der Waals surface area contributed by atoms with Crippen molar-refractivity contribution in [1.82, 2.24) is 0 Å². The van der Waals surface area contributed by atoms with Crippen LogP contribution in [0.2, 0.25) is 0 Å². The van der Waals surface area contributed by atoms with Gasteiger partial charge in [0.25, 0.3) is 0 Å². The van der Waals surface area contributed by atoms with Gasteiger partial charge in [0, 0.05) is 0 Å². The number of carboxylic acids is 1. The van der Waals surface area contributed by atoms with Crippen LogP contribution in [0.25, 0.3) is 0 Å². The van der Waals surface area contributed by atoms with Gasteiger partial charge in [0.15, 0.2) is 5.25 Å². The fraction of sp³-hybridized carbons (Fsp3) is 0.273. The molecule has 110 valence electrons. The van der Waals surface area contributed by atoms with Gasteiger partial charge < -0.3 is 9.84 Å². The molecule has 1 unspecified atom stereocenters.